The van der Waals surface area contributed by atoms with Crippen LogP contribution in [0.1, 0.15) is 45.6 Å². The highest BCUT2D eigenvalue weighted by Gasteiger charge is 2.23. The summed E-state index contributed by atoms with van der Waals surface area (Å²) in [4.78, 5) is 14.5. The van der Waals surface area contributed by atoms with Gasteiger partial charge in [-0.2, -0.15) is 8.42 Å². The van der Waals surface area contributed by atoms with Gasteiger partial charge >= 0.3 is 10.1 Å². The van der Waals surface area contributed by atoms with Crippen LogP contribution in [0.3, 0.4) is 0 Å². The number of ether oxygens (including phenoxy) is 1. The van der Waals surface area contributed by atoms with Crippen molar-refractivity contribution in [2.75, 3.05) is 18.9 Å². The van der Waals surface area contributed by atoms with Crippen LogP contribution in [-0.4, -0.2) is 44.2 Å². The van der Waals surface area contributed by atoms with Gasteiger partial charge in [-0.05, 0) is 43.4 Å². The van der Waals surface area contributed by atoms with E-state index in [0.29, 0.717) is 19.5 Å². The molecule has 6 nitrogen and oxygen atoms in total. The minimum atomic E-state index is -3.57. The topological polar surface area (TPSA) is 72.9 Å². The second kappa shape index (κ2) is 9.37. The first-order valence-electron chi connectivity index (χ1n) is 9.19. The van der Waals surface area contributed by atoms with Gasteiger partial charge in [0.2, 0.25) is 5.91 Å². The fraction of sp³-hybridized carbons (Fsp3) is 0.632. The predicted octanol–water partition coefficient (Wildman–Crippen LogP) is 2.97. The highest BCUT2D eigenvalue weighted by atomic mass is 32.2. The van der Waals surface area contributed by atoms with E-state index in [9.17, 15) is 13.2 Å². The number of amides is 1. The first kappa shape index (κ1) is 20.7. The summed E-state index contributed by atoms with van der Waals surface area (Å²) in [6.07, 6.45) is 2.54. The number of nitrogens with zero attached hydrogens (tertiary/aromatic N) is 1. The minimum Gasteiger partial charge on any atom is -0.382 e. The molecule has 1 saturated heterocycles. The van der Waals surface area contributed by atoms with E-state index in [1.54, 1.807) is 18.2 Å². The second-order valence-corrected chi connectivity index (χ2v) is 8.94. The van der Waals surface area contributed by atoms with Crippen molar-refractivity contribution in [3.63, 3.8) is 0 Å². The summed E-state index contributed by atoms with van der Waals surface area (Å²) in [6, 6.07) is 6.90. The third-order valence-electron chi connectivity index (χ3n) is 4.23. The molecule has 1 amide bonds. The minimum absolute atomic E-state index is 0.0750. The molecule has 0 aromatic heterocycles. The molecule has 1 aliphatic heterocycles. The van der Waals surface area contributed by atoms with Gasteiger partial charge in [0.1, 0.15) is 5.75 Å². The molecule has 0 spiro atoms. The van der Waals surface area contributed by atoms with E-state index < -0.39 is 10.1 Å². The lowest BCUT2D eigenvalue weighted by atomic mass is 10.1. The van der Waals surface area contributed by atoms with Gasteiger partial charge in [-0.1, -0.05) is 26.0 Å². The van der Waals surface area contributed by atoms with E-state index in [1.807, 2.05) is 24.8 Å². The van der Waals surface area contributed by atoms with Gasteiger partial charge in [-0.25, -0.2) is 0 Å². The summed E-state index contributed by atoms with van der Waals surface area (Å²) >= 11 is 0. The van der Waals surface area contributed by atoms with Crippen molar-refractivity contribution in [3.05, 3.63) is 29.8 Å². The second-order valence-electron chi connectivity index (χ2n) is 7.08. The molecule has 0 radical (unpaired) electrons. The van der Waals surface area contributed by atoms with Crippen molar-refractivity contribution in [2.24, 2.45) is 5.92 Å². The molecule has 1 aromatic carbocycles. The van der Waals surface area contributed by atoms with Crippen LogP contribution in [0.5, 0.6) is 5.75 Å². The number of hydrogen-bond acceptors (Lipinski definition) is 5. The average Bonchev–Trinajstić information content (AvgIpc) is 3.06. The first-order valence-corrected chi connectivity index (χ1v) is 10.8. The van der Waals surface area contributed by atoms with E-state index in [4.69, 9.17) is 8.92 Å². The molecule has 1 aromatic rings. The van der Waals surface area contributed by atoms with Crippen LogP contribution in [-0.2, 0) is 26.2 Å². The zero-order valence-corrected chi connectivity index (χ0v) is 16.6. The molecule has 1 fully saturated rings. The average molecular weight is 384 g/mol. The zero-order valence-electron chi connectivity index (χ0n) is 15.8. The van der Waals surface area contributed by atoms with E-state index in [-0.39, 0.29) is 29.4 Å². The van der Waals surface area contributed by atoms with Crippen LogP contribution in [0.25, 0.3) is 0 Å². The van der Waals surface area contributed by atoms with Crippen molar-refractivity contribution in [1.29, 1.82) is 0 Å². The molecule has 1 atom stereocenters. The lowest BCUT2D eigenvalue weighted by Crippen LogP contribution is -2.37. The molecule has 146 valence electrons. The summed E-state index contributed by atoms with van der Waals surface area (Å²) in [5.74, 6) is 0.550. The van der Waals surface area contributed by atoms with Crippen molar-refractivity contribution in [1.82, 2.24) is 4.90 Å². The molecular weight excluding hydrogens is 354 g/mol. The van der Waals surface area contributed by atoms with Crippen molar-refractivity contribution in [2.45, 2.75) is 52.7 Å². The van der Waals surface area contributed by atoms with Crippen LogP contribution in [0.2, 0.25) is 0 Å². The van der Waals surface area contributed by atoms with Crippen LogP contribution in [0.15, 0.2) is 24.3 Å². The van der Waals surface area contributed by atoms with Gasteiger partial charge < -0.3 is 13.8 Å². The molecule has 1 heterocycles. The Labute approximate surface area is 156 Å². The van der Waals surface area contributed by atoms with E-state index in [0.717, 1.165) is 25.0 Å². The predicted molar refractivity (Wildman–Crippen MR) is 100 cm³/mol. The van der Waals surface area contributed by atoms with Gasteiger partial charge in [0.15, 0.2) is 0 Å². The molecule has 0 aliphatic carbocycles. The van der Waals surface area contributed by atoms with Gasteiger partial charge in [0, 0.05) is 26.1 Å². The normalized spacial score (nSPS) is 17.5. The lowest BCUT2D eigenvalue weighted by molar-refractivity contribution is -0.134. The van der Waals surface area contributed by atoms with Gasteiger partial charge in [0.25, 0.3) is 0 Å². The zero-order chi connectivity index (χ0) is 19.2. The van der Waals surface area contributed by atoms with Crippen molar-refractivity contribution >= 4 is 16.0 Å². The quantitative estimate of drug-likeness (QED) is 0.613. The maximum Gasteiger partial charge on any atom is 0.308 e. The molecule has 7 heteroatoms. The molecule has 2 rings (SSSR count). The Morgan fingerprint density at radius 3 is 2.77 bits per heavy atom. The SMILES string of the molecule is CCS(=O)(=O)Oc1cccc(CN(CC2CCCO2)C(=O)CC(C)C)c1. The highest BCUT2D eigenvalue weighted by molar-refractivity contribution is 7.87. The van der Waals surface area contributed by atoms with Gasteiger partial charge in [-0.15, -0.1) is 0 Å². The lowest BCUT2D eigenvalue weighted by Gasteiger charge is -2.26. The maximum absolute atomic E-state index is 12.6. The van der Waals surface area contributed by atoms with Crippen molar-refractivity contribution in [3.8, 4) is 5.75 Å². The molecule has 1 aliphatic rings. The number of hydrogen-bond donors (Lipinski definition) is 0. The molecule has 0 bridgehead atoms. The van der Waals surface area contributed by atoms with E-state index >= 15 is 0 Å². The number of carbonyl (C=O) groups is 1. The summed E-state index contributed by atoms with van der Waals surface area (Å²) < 4.78 is 34.1. The Balaban J connectivity index is 2.11. The van der Waals surface area contributed by atoms with Crippen LogP contribution in [0, 0.1) is 5.92 Å². The first-order chi connectivity index (χ1) is 12.3. The third kappa shape index (κ3) is 6.61. The molecule has 1 unspecified atom stereocenters. The Hall–Kier alpha value is -1.60. The number of carbonyl (C=O) groups excluding carboxylic acids is 1. The Morgan fingerprint density at radius 2 is 2.15 bits per heavy atom. The third-order valence-corrected chi connectivity index (χ3v) is 5.39. The molecular formula is C19H29NO5S. The van der Waals surface area contributed by atoms with E-state index in [1.165, 1.54) is 6.92 Å². The monoisotopic (exact) mass is 383 g/mol. The largest absolute Gasteiger partial charge is 0.382 e. The Morgan fingerprint density at radius 1 is 1.38 bits per heavy atom. The Kier molecular flexibility index (Phi) is 7.46. The fourth-order valence-corrected chi connectivity index (χ4v) is 3.40. The van der Waals surface area contributed by atoms with Crippen LogP contribution in [0.4, 0.5) is 0 Å². The summed E-state index contributed by atoms with van der Waals surface area (Å²) in [5.41, 5.74) is 0.837. The van der Waals surface area contributed by atoms with Gasteiger partial charge in [-0.3, -0.25) is 4.79 Å². The highest BCUT2D eigenvalue weighted by Crippen LogP contribution is 2.20. The smallest absolute Gasteiger partial charge is 0.308 e. The number of rotatable bonds is 9. The Bertz CT molecular complexity index is 696. The fourth-order valence-electron chi connectivity index (χ4n) is 2.89. The summed E-state index contributed by atoms with van der Waals surface area (Å²) in [6.45, 7) is 7.29. The standard InChI is InChI=1S/C19H29NO5S/c1-4-26(22,23)25-17-8-5-7-16(12-17)13-20(19(21)11-15(2)3)14-18-9-6-10-24-18/h5,7-8,12,15,18H,4,6,9-11,13-14H2,1-3H3. The number of benzene rings is 1. The molecule has 0 N–H and O–H groups in total. The van der Waals surface area contributed by atoms with Gasteiger partial charge in [0.05, 0.1) is 11.9 Å². The molecule has 0 saturated carbocycles. The summed E-state index contributed by atoms with van der Waals surface area (Å²) in [7, 11) is -3.57. The summed E-state index contributed by atoms with van der Waals surface area (Å²) in [5, 5.41) is 0. The van der Waals surface area contributed by atoms with E-state index in [2.05, 4.69) is 0 Å². The van der Waals surface area contributed by atoms with Crippen LogP contribution >= 0.6 is 0 Å². The molecule has 26 heavy (non-hydrogen) atoms. The van der Waals surface area contributed by atoms with Crippen molar-refractivity contribution < 1.29 is 22.1 Å². The maximum atomic E-state index is 12.6. The van der Waals surface area contributed by atoms with Crippen LogP contribution < -0.4 is 4.18 Å².